The fraction of sp³-hybridized carbons (Fsp3) is 0.357. The molecule has 0 bridgehead atoms. The molecule has 0 saturated carbocycles. The highest BCUT2D eigenvalue weighted by molar-refractivity contribution is 8.00. The molecule has 3 heterocycles. The number of nitrogens with zero attached hydrogens (tertiary/aromatic N) is 2. The van der Waals surface area contributed by atoms with Gasteiger partial charge in [-0.05, 0) is 18.4 Å². The zero-order valence-corrected chi connectivity index (χ0v) is 13.1. The molecule has 0 amide bonds. The number of allylic oxidation sites excluding steroid dienone is 1. The quantitative estimate of drug-likeness (QED) is 0.491. The maximum atomic E-state index is 12.5. The molecule has 2 aromatic heterocycles. The minimum absolute atomic E-state index is 0.0838. The molecule has 0 spiro atoms. The molecule has 5 nitrogen and oxygen atoms in total. The normalized spacial score (nSPS) is 21.7. The van der Waals surface area contributed by atoms with E-state index < -0.39 is 0 Å². The average Bonchev–Trinajstić information content (AvgIpc) is 3.01. The van der Waals surface area contributed by atoms with E-state index in [0.29, 0.717) is 28.3 Å². The van der Waals surface area contributed by atoms with Crippen molar-refractivity contribution in [3.63, 3.8) is 0 Å². The van der Waals surface area contributed by atoms with E-state index >= 15 is 0 Å². The molecule has 2 aromatic rings. The van der Waals surface area contributed by atoms with E-state index in [4.69, 9.17) is 4.74 Å². The van der Waals surface area contributed by atoms with Crippen molar-refractivity contribution in [3.05, 3.63) is 34.5 Å². The number of ether oxygens (including phenoxy) is 1. The minimum Gasteiger partial charge on any atom is -0.462 e. The predicted molar refractivity (Wildman–Crippen MR) is 83.9 cm³/mol. The van der Waals surface area contributed by atoms with Crippen molar-refractivity contribution >= 4 is 39.3 Å². The monoisotopic (exact) mass is 322 g/mol. The van der Waals surface area contributed by atoms with E-state index in [0.717, 1.165) is 0 Å². The number of esters is 1. The third-order valence-corrected chi connectivity index (χ3v) is 5.30. The van der Waals surface area contributed by atoms with Crippen LogP contribution >= 0.6 is 23.1 Å². The number of thioether (sulfide) groups is 1. The van der Waals surface area contributed by atoms with Crippen LogP contribution in [0.2, 0.25) is 0 Å². The van der Waals surface area contributed by atoms with Crippen LogP contribution in [0.15, 0.2) is 34.1 Å². The van der Waals surface area contributed by atoms with Crippen LogP contribution in [0, 0.1) is 0 Å². The lowest BCUT2D eigenvalue weighted by Crippen LogP contribution is -2.23. The number of rotatable bonds is 4. The molecule has 110 valence electrons. The van der Waals surface area contributed by atoms with Gasteiger partial charge < -0.3 is 4.74 Å². The number of aromatic nitrogens is 2. The lowest BCUT2D eigenvalue weighted by Gasteiger charge is -2.11. The second-order valence-electron chi connectivity index (χ2n) is 4.82. The highest BCUT2D eigenvalue weighted by Gasteiger charge is 2.34. The van der Waals surface area contributed by atoms with Gasteiger partial charge in [0.05, 0.1) is 5.52 Å². The number of carbonyl (C=O) groups is 1. The maximum absolute atomic E-state index is 12.5. The molecule has 0 unspecified atom stereocenters. The zero-order valence-electron chi connectivity index (χ0n) is 11.4. The third kappa shape index (κ3) is 2.63. The van der Waals surface area contributed by atoms with Gasteiger partial charge >= 0.3 is 5.97 Å². The minimum atomic E-state index is -0.306. The van der Waals surface area contributed by atoms with E-state index in [2.05, 4.69) is 11.6 Å². The molecule has 7 heteroatoms. The second kappa shape index (κ2) is 5.65. The van der Waals surface area contributed by atoms with Crippen molar-refractivity contribution in [1.82, 2.24) is 9.55 Å². The lowest BCUT2D eigenvalue weighted by molar-refractivity contribution is -0.140. The molecule has 1 saturated heterocycles. The summed E-state index contributed by atoms with van der Waals surface area (Å²) in [5.41, 5.74) is 0.587. The first-order valence-electron chi connectivity index (χ1n) is 6.56. The Balaban J connectivity index is 2.04. The first-order valence-corrected chi connectivity index (χ1v) is 8.32. The molecule has 1 fully saturated rings. The molecule has 1 aliphatic heterocycles. The smallest absolute Gasteiger partial charge is 0.319 e. The highest BCUT2D eigenvalue weighted by atomic mass is 32.2. The Morgan fingerprint density at radius 1 is 1.62 bits per heavy atom. The van der Waals surface area contributed by atoms with Gasteiger partial charge in [-0.2, -0.15) is 0 Å². The van der Waals surface area contributed by atoms with E-state index in [-0.39, 0.29) is 22.9 Å². The Labute approximate surface area is 129 Å². The summed E-state index contributed by atoms with van der Waals surface area (Å²) in [6.45, 7) is 5.92. The Hall–Kier alpha value is -1.60. The molecule has 2 atom stereocenters. The van der Waals surface area contributed by atoms with Crippen LogP contribution in [0.1, 0.15) is 13.3 Å². The number of hydrogen-bond acceptors (Lipinski definition) is 6. The molecule has 0 aromatic carbocycles. The van der Waals surface area contributed by atoms with Crippen molar-refractivity contribution < 1.29 is 9.53 Å². The summed E-state index contributed by atoms with van der Waals surface area (Å²) in [6, 6.07) is 1.82. The van der Waals surface area contributed by atoms with Crippen LogP contribution in [0.5, 0.6) is 0 Å². The molecule has 3 rings (SSSR count). The van der Waals surface area contributed by atoms with E-state index in [1.165, 1.54) is 23.1 Å². The van der Waals surface area contributed by atoms with Gasteiger partial charge in [0, 0.05) is 13.0 Å². The third-order valence-electron chi connectivity index (χ3n) is 3.22. The molecule has 21 heavy (non-hydrogen) atoms. The summed E-state index contributed by atoms with van der Waals surface area (Å²) < 4.78 is 7.35. The van der Waals surface area contributed by atoms with Gasteiger partial charge in [-0.25, -0.2) is 4.98 Å². The Bertz CT molecular complexity index is 765. The van der Waals surface area contributed by atoms with E-state index in [1.807, 2.05) is 18.4 Å². The van der Waals surface area contributed by atoms with Gasteiger partial charge in [-0.1, -0.05) is 17.8 Å². The molecule has 0 N–H and O–H groups in total. The number of carbonyl (C=O) groups excluding carboxylic acids is 1. The maximum Gasteiger partial charge on any atom is 0.319 e. The van der Waals surface area contributed by atoms with Crippen LogP contribution in [-0.4, -0.2) is 26.9 Å². The number of thiophene rings is 1. The molecular formula is C14H14N2O3S2. The highest BCUT2D eigenvalue weighted by Crippen LogP contribution is 2.31. The van der Waals surface area contributed by atoms with Crippen LogP contribution in [0.25, 0.3) is 10.2 Å². The SMILES string of the molecule is C=CCn1c(S[C@H]2C[C@H](C)OC2=O)nc2ccsc2c1=O. The molecule has 1 aliphatic rings. The summed E-state index contributed by atoms with van der Waals surface area (Å²) in [5.74, 6) is -0.239. The van der Waals surface area contributed by atoms with Crippen LogP contribution in [-0.2, 0) is 16.1 Å². The average molecular weight is 322 g/mol. The van der Waals surface area contributed by atoms with Crippen molar-refractivity contribution in [2.75, 3.05) is 0 Å². The summed E-state index contributed by atoms with van der Waals surface area (Å²) in [5, 5.41) is 2.08. The predicted octanol–water partition coefficient (Wildman–Crippen LogP) is 2.44. The first kappa shape index (κ1) is 14.3. The fourth-order valence-electron chi connectivity index (χ4n) is 2.25. The van der Waals surface area contributed by atoms with Crippen LogP contribution < -0.4 is 5.56 Å². The molecular weight excluding hydrogens is 308 g/mol. The van der Waals surface area contributed by atoms with Gasteiger partial charge in [-0.15, -0.1) is 17.9 Å². The summed E-state index contributed by atoms with van der Waals surface area (Å²) in [7, 11) is 0. The van der Waals surface area contributed by atoms with Crippen LogP contribution in [0.3, 0.4) is 0 Å². The number of hydrogen-bond donors (Lipinski definition) is 0. The van der Waals surface area contributed by atoms with Crippen LogP contribution in [0.4, 0.5) is 0 Å². The van der Waals surface area contributed by atoms with Crippen molar-refractivity contribution in [2.24, 2.45) is 0 Å². The molecule has 0 aliphatic carbocycles. The Kier molecular flexibility index (Phi) is 3.86. The number of fused-ring (bicyclic) bond motifs is 1. The van der Waals surface area contributed by atoms with Crippen molar-refractivity contribution in [3.8, 4) is 0 Å². The molecule has 0 radical (unpaired) electrons. The Morgan fingerprint density at radius 2 is 2.43 bits per heavy atom. The van der Waals surface area contributed by atoms with E-state index in [1.54, 1.807) is 10.6 Å². The lowest BCUT2D eigenvalue weighted by atomic mass is 10.3. The first-order chi connectivity index (χ1) is 10.1. The largest absolute Gasteiger partial charge is 0.462 e. The summed E-state index contributed by atoms with van der Waals surface area (Å²) >= 11 is 2.67. The van der Waals surface area contributed by atoms with Gasteiger partial charge in [0.1, 0.15) is 16.1 Å². The van der Waals surface area contributed by atoms with Gasteiger partial charge in [0.15, 0.2) is 5.16 Å². The topological polar surface area (TPSA) is 61.2 Å². The van der Waals surface area contributed by atoms with Crippen molar-refractivity contribution in [1.29, 1.82) is 0 Å². The Morgan fingerprint density at radius 3 is 3.10 bits per heavy atom. The van der Waals surface area contributed by atoms with Gasteiger partial charge in [0.25, 0.3) is 5.56 Å². The second-order valence-corrected chi connectivity index (χ2v) is 6.91. The summed E-state index contributed by atoms with van der Waals surface area (Å²) in [4.78, 5) is 28.8. The van der Waals surface area contributed by atoms with Crippen molar-refractivity contribution in [2.45, 2.75) is 36.4 Å². The standard InChI is InChI=1S/C14H14N2O3S2/c1-3-5-16-12(17)11-9(4-6-20-11)15-14(16)21-10-7-8(2)19-13(10)18/h3-4,6,8,10H,1,5,7H2,2H3/t8-,10-/m0/s1. The van der Waals surface area contributed by atoms with Gasteiger partial charge in [0.2, 0.25) is 0 Å². The van der Waals surface area contributed by atoms with Gasteiger partial charge in [-0.3, -0.25) is 14.2 Å². The fourth-order valence-corrected chi connectivity index (χ4v) is 4.23. The zero-order chi connectivity index (χ0) is 15.0. The summed E-state index contributed by atoms with van der Waals surface area (Å²) in [6.07, 6.45) is 2.21. The number of cyclic esters (lactones) is 1. The van der Waals surface area contributed by atoms with E-state index in [9.17, 15) is 9.59 Å².